The zero-order valence-corrected chi connectivity index (χ0v) is 19.6. The van der Waals surface area contributed by atoms with Gasteiger partial charge in [-0.05, 0) is 22.3 Å². The van der Waals surface area contributed by atoms with Gasteiger partial charge in [-0.25, -0.2) is 15.0 Å². The summed E-state index contributed by atoms with van der Waals surface area (Å²) in [5, 5.41) is 0. The van der Waals surface area contributed by atoms with Crippen LogP contribution in [0, 0.1) is 0 Å². The molecule has 0 aliphatic rings. The lowest BCUT2D eigenvalue weighted by molar-refractivity contribution is 1.07. The van der Waals surface area contributed by atoms with E-state index in [1.54, 1.807) is 0 Å². The van der Waals surface area contributed by atoms with E-state index in [4.69, 9.17) is 15.0 Å². The average Bonchev–Trinajstić information content (AvgIpc) is 2.98. The number of aromatic nitrogens is 3. The Kier molecular flexibility index (Phi) is 5.87. The van der Waals surface area contributed by atoms with Gasteiger partial charge in [0.25, 0.3) is 0 Å². The van der Waals surface area contributed by atoms with E-state index in [1.807, 2.05) is 72.8 Å². The highest BCUT2D eigenvalue weighted by atomic mass is 15.0. The Balaban J connectivity index is 1.67. The molecule has 3 nitrogen and oxygen atoms in total. The molecule has 6 rings (SSSR count). The van der Waals surface area contributed by atoms with Crippen molar-refractivity contribution in [1.82, 2.24) is 15.0 Å². The number of rotatable bonds is 5. The van der Waals surface area contributed by atoms with E-state index in [2.05, 4.69) is 66.7 Å². The van der Waals surface area contributed by atoms with Gasteiger partial charge in [-0.1, -0.05) is 140 Å². The largest absolute Gasteiger partial charge is 0.208 e. The first-order chi connectivity index (χ1) is 17.9. The van der Waals surface area contributed by atoms with Gasteiger partial charge in [0.1, 0.15) is 0 Å². The van der Waals surface area contributed by atoms with Crippen molar-refractivity contribution in [2.45, 2.75) is 0 Å². The van der Waals surface area contributed by atoms with Crippen LogP contribution in [0.15, 0.2) is 140 Å². The third-order valence-electron chi connectivity index (χ3n) is 6.16. The molecule has 0 aliphatic heterocycles. The fraction of sp³-hybridized carbons (Fsp3) is 0. The summed E-state index contributed by atoms with van der Waals surface area (Å²) in [6.45, 7) is 0. The SMILES string of the molecule is c1ccc(-c2nc(-c3ccccc3)nc(-c3c(-c4ccccc4)cccc3-c3ccccc3)n2)cc1. The minimum atomic E-state index is 0.654. The Morgan fingerprint density at radius 1 is 0.278 bits per heavy atom. The summed E-state index contributed by atoms with van der Waals surface area (Å²) >= 11 is 0. The molecule has 0 N–H and O–H groups in total. The maximum Gasteiger partial charge on any atom is 0.165 e. The summed E-state index contributed by atoms with van der Waals surface area (Å²) < 4.78 is 0. The molecule has 1 aromatic heterocycles. The second-order valence-electron chi connectivity index (χ2n) is 8.50. The van der Waals surface area contributed by atoms with Gasteiger partial charge in [0.05, 0.1) is 0 Å². The van der Waals surface area contributed by atoms with Crippen LogP contribution in [0.25, 0.3) is 56.4 Å². The average molecular weight is 462 g/mol. The summed E-state index contributed by atoms with van der Waals surface area (Å²) in [4.78, 5) is 15.0. The van der Waals surface area contributed by atoms with Crippen molar-refractivity contribution in [3.05, 3.63) is 140 Å². The minimum absolute atomic E-state index is 0.654. The van der Waals surface area contributed by atoms with E-state index in [9.17, 15) is 0 Å². The van der Waals surface area contributed by atoms with Crippen LogP contribution in [0.4, 0.5) is 0 Å². The van der Waals surface area contributed by atoms with E-state index in [0.717, 1.165) is 38.9 Å². The third kappa shape index (κ3) is 4.30. The molecule has 0 bridgehead atoms. The number of nitrogens with zero attached hydrogens (tertiary/aromatic N) is 3. The Morgan fingerprint density at radius 3 is 1.00 bits per heavy atom. The fourth-order valence-electron chi connectivity index (χ4n) is 4.43. The monoisotopic (exact) mass is 461 g/mol. The maximum absolute atomic E-state index is 5.05. The van der Waals surface area contributed by atoms with Gasteiger partial charge in [0.2, 0.25) is 0 Å². The van der Waals surface area contributed by atoms with Crippen LogP contribution in [0.2, 0.25) is 0 Å². The maximum atomic E-state index is 5.05. The molecule has 0 unspecified atom stereocenters. The smallest absolute Gasteiger partial charge is 0.165 e. The number of hydrogen-bond acceptors (Lipinski definition) is 3. The van der Waals surface area contributed by atoms with Gasteiger partial charge in [0.15, 0.2) is 17.5 Å². The Labute approximate surface area is 210 Å². The standard InChI is InChI=1S/C33H23N3/c1-5-14-24(15-6-1)28-22-13-23-29(25-16-7-2-8-17-25)30(28)33-35-31(26-18-9-3-10-19-26)34-32(36-33)27-20-11-4-12-21-27/h1-23H. The first kappa shape index (κ1) is 21.6. The summed E-state index contributed by atoms with van der Waals surface area (Å²) in [7, 11) is 0. The molecule has 6 aromatic rings. The van der Waals surface area contributed by atoms with Gasteiger partial charge in [0, 0.05) is 16.7 Å². The van der Waals surface area contributed by atoms with Crippen molar-refractivity contribution in [3.63, 3.8) is 0 Å². The van der Waals surface area contributed by atoms with Crippen molar-refractivity contribution in [3.8, 4) is 56.4 Å². The Morgan fingerprint density at radius 2 is 0.611 bits per heavy atom. The van der Waals surface area contributed by atoms with E-state index in [-0.39, 0.29) is 0 Å². The molecule has 0 saturated heterocycles. The van der Waals surface area contributed by atoms with Gasteiger partial charge in [-0.2, -0.15) is 0 Å². The molecule has 0 saturated carbocycles. The van der Waals surface area contributed by atoms with Crippen molar-refractivity contribution in [2.24, 2.45) is 0 Å². The molecule has 170 valence electrons. The van der Waals surface area contributed by atoms with Crippen molar-refractivity contribution in [1.29, 1.82) is 0 Å². The number of hydrogen-bond donors (Lipinski definition) is 0. The van der Waals surface area contributed by atoms with Crippen LogP contribution in [-0.2, 0) is 0 Å². The van der Waals surface area contributed by atoms with E-state index >= 15 is 0 Å². The molecule has 36 heavy (non-hydrogen) atoms. The lowest BCUT2D eigenvalue weighted by Crippen LogP contribution is -2.02. The molecule has 0 fully saturated rings. The summed E-state index contributed by atoms with van der Waals surface area (Å²) in [5.74, 6) is 1.96. The molecule has 0 spiro atoms. The quantitative estimate of drug-likeness (QED) is 0.260. The number of benzene rings is 5. The van der Waals surface area contributed by atoms with Crippen LogP contribution in [-0.4, -0.2) is 15.0 Å². The highest BCUT2D eigenvalue weighted by molar-refractivity contribution is 5.92. The Hall–Kier alpha value is -4.89. The lowest BCUT2D eigenvalue weighted by Gasteiger charge is -2.16. The van der Waals surface area contributed by atoms with Crippen LogP contribution in [0.1, 0.15) is 0 Å². The molecule has 0 atom stereocenters. The predicted octanol–water partition coefficient (Wildman–Crippen LogP) is 8.21. The highest BCUT2D eigenvalue weighted by Crippen LogP contribution is 2.39. The van der Waals surface area contributed by atoms with Crippen LogP contribution >= 0.6 is 0 Å². The highest BCUT2D eigenvalue weighted by Gasteiger charge is 2.19. The van der Waals surface area contributed by atoms with E-state index in [0.29, 0.717) is 17.5 Å². The van der Waals surface area contributed by atoms with Crippen molar-refractivity contribution in [2.75, 3.05) is 0 Å². The van der Waals surface area contributed by atoms with Crippen molar-refractivity contribution < 1.29 is 0 Å². The van der Waals surface area contributed by atoms with Crippen LogP contribution < -0.4 is 0 Å². The van der Waals surface area contributed by atoms with Gasteiger partial charge >= 0.3 is 0 Å². The van der Waals surface area contributed by atoms with Gasteiger partial charge in [-0.3, -0.25) is 0 Å². The third-order valence-corrected chi connectivity index (χ3v) is 6.16. The van der Waals surface area contributed by atoms with Gasteiger partial charge < -0.3 is 0 Å². The molecule has 0 radical (unpaired) electrons. The summed E-state index contributed by atoms with van der Waals surface area (Å²) in [5.41, 5.74) is 7.31. The first-order valence-corrected chi connectivity index (χ1v) is 12.0. The molecular weight excluding hydrogens is 438 g/mol. The van der Waals surface area contributed by atoms with E-state index < -0.39 is 0 Å². The second-order valence-corrected chi connectivity index (χ2v) is 8.50. The normalized spacial score (nSPS) is 10.8. The molecule has 1 heterocycles. The topological polar surface area (TPSA) is 38.7 Å². The first-order valence-electron chi connectivity index (χ1n) is 12.0. The zero-order valence-electron chi connectivity index (χ0n) is 19.6. The van der Waals surface area contributed by atoms with E-state index in [1.165, 1.54) is 0 Å². The molecule has 5 aromatic carbocycles. The molecule has 0 amide bonds. The van der Waals surface area contributed by atoms with Crippen LogP contribution in [0.5, 0.6) is 0 Å². The summed E-state index contributed by atoms with van der Waals surface area (Å²) in [6.07, 6.45) is 0. The second kappa shape index (κ2) is 9.77. The van der Waals surface area contributed by atoms with Crippen LogP contribution in [0.3, 0.4) is 0 Å². The molecule has 0 aliphatic carbocycles. The molecule has 3 heteroatoms. The Bertz CT molecular complexity index is 1480. The van der Waals surface area contributed by atoms with Crippen molar-refractivity contribution >= 4 is 0 Å². The zero-order chi connectivity index (χ0) is 24.2. The lowest BCUT2D eigenvalue weighted by atomic mass is 9.91. The fourth-order valence-corrected chi connectivity index (χ4v) is 4.43. The molecular formula is C33H23N3. The minimum Gasteiger partial charge on any atom is -0.208 e. The predicted molar refractivity (Wildman–Crippen MR) is 147 cm³/mol. The van der Waals surface area contributed by atoms with Gasteiger partial charge in [-0.15, -0.1) is 0 Å². The summed E-state index contributed by atoms with van der Waals surface area (Å²) in [6, 6.07) is 47.4.